The molecule has 1 aromatic carbocycles. The van der Waals surface area contributed by atoms with Crippen molar-refractivity contribution in [2.45, 2.75) is 37.6 Å². The number of esters is 1. The van der Waals surface area contributed by atoms with Gasteiger partial charge in [-0.25, -0.2) is 4.39 Å². The van der Waals surface area contributed by atoms with Crippen LogP contribution in [0, 0.1) is 5.82 Å². The van der Waals surface area contributed by atoms with Crippen molar-refractivity contribution in [1.82, 2.24) is 10.6 Å². The molecule has 1 aliphatic rings. The molecule has 0 radical (unpaired) electrons. The van der Waals surface area contributed by atoms with Gasteiger partial charge in [-0.3, -0.25) is 14.4 Å². The summed E-state index contributed by atoms with van der Waals surface area (Å²) in [5.41, 5.74) is 0.380. The summed E-state index contributed by atoms with van der Waals surface area (Å²) in [4.78, 5) is 34.6. The van der Waals surface area contributed by atoms with E-state index in [9.17, 15) is 18.8 Å². The molecule has 0 aliphatic carbocycles. The standard InChI is InChI=1S/C17H21FN2O4/c1-24-16(23)11-19-14(21)6-8-17(9-7-15(22)20-17)10-12-2-4-13(18)5-3-12/h2-5H,6-11H2,1H3,(H,19,21)(H,20,22). The van der Waals surface area contributed by atoms with E-state index >= 15 is 0 Å². The van der Waals surface area contributed by atoms with Gasteiger partial charge in [0, 0.05) is 18.4 Å². The second kappa shape index (κ2) is 7.90. The number of benzene rings is 1. The molecule has 0 spiro atoms. The van der Waals surface area contributed by atoms with E-state index < -0.39 is 11.5 Å². The highest BCUT2D eigenvalue weighted by Gasteiger charge is 2.37. The predicted molar refractivity (Wildman–Crippen MR) is 84.5 cm³/mol. The smallest absolute Gasteiger partial charge is 0.325 e. The lowest BCUT2D eigenvalue weighted by atomic mass is 9.85. The first kappa shape index (κ1) is 17.9. The molecule has 24 heavy (non-hydrogen) atoms. The molecular weight excluding hydrogens is 315 g/mol. The van der Waals surface area contributed by atoms with E-state index in [1.165, 1.54) is 19.2 Å². The molecule has 1 fully saturated rings. The lowest BCUT2D eigenvalue weighted by Crippen LogP contribution is -2.44. The topological polar surface area (TPSA) is 84.5 Å². The Bertz CT molecular complexity index is 618. The molecule has 0 aromatic heterocycles. The molecule has 2 amide bonds. The Morgan fingerprint density at radius 3 is 2.62 bits per heavy atom. The van der Waals surface area contributed by atoms with Crippen LogP contribution in [0.2, 0.25) is 0 Å². The molecule has 1 saturated heterocycles. The number of hydrogen-bond acceptors (Lipinski definition) is 4. The third kappa shape index (κ3) is 5.04. The van der Waals surface area contributed by atoms with E-state index in [4.69, 9.17) is 0 Å². The van der Waals surface area contributed by atoms with Crippen LogP contribution in [0.1, 0.15) is 31.2 Å². The molecule has 1 unspecified atom stereocenters. The monoisotopic (exact) mass is 336 g/mol. The summed E-state index contributed by atoms with van der Waals surface area (Å²) in [6.07, 6.45) is 2.18. The molecule has 130 valence electrons. The van der Waals surface area contributed by atoms with Gasteiger partial charge in [-0.05, 0) is 37.0 Å². The Labute approximate surface area is 139 Å². The number of methoxy groups -OCH3 is 1. The van der Waals surface area contributed by atoms with E-state index in [2.05, 4.69) is 15.4 Å². The maximum atomic E-state index is 13.0. The van der Waals surface area contributed by atoms with E-state index in [1.54, 1.807) is 12.1 Å². The van der Waals surface area contributed by atoms with Gasteiger partial charge in [0.05, 0.1) is 7.11 Å². The van der Waals surface area contributed by atoms with Crippen molar-refractivity contribution in [3.8, 4) is 0 Å². The fraction of sp³-hybridized carbons (Fsp3) is 0.471. The summed E-state index contributed by atoms with van der Waals surface area (Å²) >= 11 is 0. The molecule has 1 aromatic rings. The minimum atomic E-state index is -0.516. The number of carbonyl (C=O) groups excluding carboxylic acids is 3. The summed E-state index contributed by atoms with van der Waals surface area (Å²) in [5.74, 6) is -1.16. The zero-order valence-electron chi connectivity index (χ0n) is 13.6. The van der Waals surface area contributed by atoms with E-state index in [0.29, 0.717) is 25.7 Å². The molecular formula is C17H21FN2O4. The normalized spacial score (nSPS) is 19.7. The fourth-order valence-corrected chi connectivity index (χ4v) is 2.86. The Kier molecular flexibility index (Phi) is 5.89. The van der Waals surface area contributed by atoms with Gasteiger partial charge in [0.25, 0.3) is 0 Å². The van der Waals surface area contributed by atoms with Gasteiger partial charge in [0.15, 0.2) is 0 Å². The third-order valence-corrected chi connectivity index (χ3v) is 4.18. The summed E-state index contributed by atoms with van der Waals surface area (Å²) in [7, 11) is 1.25. The summed E-state index contributed by atoms with van der Waals surface area (Å²) < 4.78 is 17.5. The molecule has 1 heterocycles. The molecule has 2 N–H and O–H groups in total. The number of hydrogen-bond donors (Lipinski definition) is 2. The van der Waals surface area contributed by atoms with Crippen LogP contribution in [-0.2, 0) is 25.5 Å². The molecule has 0 saturated carbocycles. The zero-order chi connectivity index (χ0) is 17.6. The average molecular weight is 336 g/mol. The van der Waals surface area contributed by atoms with Crippen molar-refractivity contribution < 1.29 is 23.5 Å². The first-order valence-corrected chi connectivity index (χ1v) is 7.81. The van der Waals surface area contributed by atoms with E-state index in [-0.39, 0.29) is 30.6 Å². The maximum absolute atomic E-state index is 13.0. The Hall–Kier alpha value is -2.44. The number of nitrogens with one attached hydrogen (secondary N) is 2. The summed E-state index contributed by atoms with van der Waals surface area (Å²) in [5, 5.41) is 5.44. The van der Waals surface area contributed by atoms with Crippen LogP contribution in [0.5, 0.6) is 0 Å². The van der Waals surface area contributed by atoms with Gasteiger partial charge in [0.1, 0.15) is 12.4 Å². The quantitative estimate of drug-likeness (QED) is 0.730. The van der Waals surface area contributed by atoms with Crippen LogP contribution in [0.4, 0.5) is 4.39 Å². The lowest BCUT2D eigenvalue weighted by Gasteiger charge is -2.29. The highest BCUT2D eigenvalue weighted by molar-refractivity contribution is 5.82. The summed E-state index contributed by atoms with van der Waals surface area (Å²) in [6.45, 7) is -0.174. The molecule has 2 rings (SSSR count). The highest BCUT2D eigenvalue weighted by atomic mass is 19.1. The minimum absolute atomic E-state index is 0.0490. The number of ether oxygens (including phenoxy) is 1. The fourth-order valence-electron chi connectivity index (χ4n) is 2.86. The minimum Gasteiger partial charge on any atom is -0.468 e. The number of amides is 2. The van der Waals surface area contributed by atoms with Crippen LogP contribution in [-0.4, -0.2) is 37.0 Å². The molecule has 7 heteroatoms. The zero-order valence-corrected chi connectivity index (χ0v) is 13.6. The van der Waals surface area contributed by atoms with Crippen LogP contribution in [0.25, 0.3) is 0 Å². The van der Waals surface area contributed by atoms with Gasteiger partial charge >= 0.3 is 5.97 Å². The van der Waals surface area contributed by atoms with Crippen molar-refractivity contribution in [3.63, 3.8) is 0 Å². The van der Waals surface area contributed by atoms with Crippen molar-refractivity contribution in [2.75, 3.05) is 13.7 Å². The van der Waals surface area contributed by atoms with Crippen molar-refractivity contribution in [3.05, 3.63) is 35.6 Å². The Balaban J connectivity index is 1.95. The van der Waals surface area contributed by atoms with Crippen LogP contribution in [0.3, 0.4) is 0 Å². The second-order valence-electron chi connectivity index (χ2n) is 5.98. The van der Waals surface area contributed by atoms with Crippen molar-refractivity contribution >= 4 is 17.8 Å². The first-order chi connectivity index (χ1) is 11.4. The number of rotatable bonds is 7. The van der Waals surface area contributed by atoms with E-state index in [1.807, 2.05) is 0 Å². The molecule has 1 atom stereocenters. The molecule has 0 bridgehead atoms. The Morgan fingerprint density at radius 2 is 2.04 bits per heavy atom. The predicted octanol–water partition coefficient (Wildman–Crippen LogP) is 1.09. The van der Waals surface area contributed by atoms with Gasteiger partial charge in [-0.15, -0.1) is 0 Å². The first-order valence-electron chi connectivity index (χ1n) is 7.81. The lowest BCUT2D eigenvalue weighted by molar-refractivity contribution is -0.141. The highest BCUT2D eigenvalue weighted by Crippen LogP contribution is 2.29. The SMILES string of the molecule is COC(=O)CNC(=O)CCC1(Cc2ccc(F)cc2)CCC(=O)N1. The molecule has 1 aliphatic heterocycles. The van der Waals surface area contributed by atoms with Crippen LogP contribution >= 0.6 is 0 Å². The maximum Gasteiger partial charge on any atom is 0.325 e. The average Bonchev–Trinajstić information content (AvgIpc) is 2.94. The molecule has 6 nitrogen and oxygen atoms in total. The second-order valence-corrected chi connectivity index (χ2v) is 5.98. The number of halogens is 1. The summed E-state index contributed by atoms with van der Waals surface area (Å²) in [6, 6.07) is 6.11. The third-order valence-electron chi connectivity index (χ3n) is 4.18. The van der Waals surface area contributed by atoms with Gasteiger partial charge in [-0.2, -0.15) is 0 Å². The Morgan fingerprint density at radius 1 is 1.33 bits per heavy atom. The van der Waals surface area contributed by atoms with Gasteiger partial charge in [-0.1, -0.05) is 12.1 Å². The van der Waals surface area contributed by atoms with Crippen molar-refractivity contribution in [2.24, 2.45) is 0 Å². The van der Waals surface area contributed by atoms with Gasteiger partial charge in [0.2, 0.25) is 11.8 Å². The van der Waals surface area contributed by atoms with Crippen LogP contribution in [0.15, 0.2) is 24.3 Å². The van der Waals surface area contributed by atoms with E-state index in [0.717, 1.165) is 5.56 Å². The van der Waals surface area contributed by atoms with Crippen LogP contribution < -0.4 is 10.6 Å². The largest absolute Gasteiger partial charge is 0.468 e. The number of carbonyl (C=O) groups is 3. The van der Waals surface area contributed by atoms with Crippen molar-refractivity contribution in [1.29, 1.82) is 0 Å². The van der Waals surface area contributed by atoms with Gasteiger partial charge < -0.3 is 15.4 Å².